The minimum absolute atomic E-state index is 0.702. The molecule has 0 saturated heterocycles. The second-order valence-electron chi connectivity index (χ2n) is 4.94. The van der Waals surface area contributed by atoms with E-state index in [1.54, 1.807) is 6.20 Å². The molecule has 1 fully saturated rings. The molecule has 4 heteroatoms. The van der Waals surface area contributed by atoms with Crippen LogP contribution in [0.4, 0.5) is 5.82 Å². The molecule has 0 unspecified atom stereocenters. The van der Waals surface area contributed by atoms with Gasteiger partial charge in [0.2, 0.25) is 0 Å². The van der Waals surface area contributed by atoms with E-state index in [1.807, 2.05) is 7.05 Å². The zero-order chi connectivity index (χ0) is 13.0. The molecule has 1 aromatic heterocycles. The van der Waals surface area contributed by atoms with E-state index in [0.29, 0.717) is 6.04 Å². The molecule has 0 aliphatic heterocycles. The van der Waals surface area contributed by atoms with Gasteiger partial charge in [-0.3, -0.25) is 0 Å². The SMILES string of the molecule is CCCCN(c1cc(CNC)c(Cl)cn1)C1CC1. The molecule has 0 amide bonds. The summed E-state index contributed by atoms with van der Waals surface area (Å²) in [6, 6.07) is 2.83. The maximum absolute atomic E-state index is 6.16. The Kier molecular flexibility index (Phi) is 4.84. The molecule has 1 aromatic rings. The lowest BCUT2D eigenvalue weighted by atomic mass is 10.2. The van der Waals surface area contributed by atoms with E-state index in [1.165, 1.54) is 25.7 Å². The highest BCUT2D eigenvalue weighted by Crippen LogP contribution is 2.32. The Morgan fingerprint density at radius 3 is 2.89 bits per heavy atom. The van der Waals surface area contributed by atoms with Gasteiger partial charge in [-0.25, -0.2) is 4.98 Å². The first kappa shape index (κ1) is 13.6. The average Bonchev–Trinajstić information content (AvgIpc) is 3.18. The second kappa shape index (κ2) is 6.39. The van der Waals surface area contributed by atoms with Crippen molar-refractivity contribution in [1.29, 1.82) is 0 Å². The number of aromatic nitrogens is 1. The third kappa shape index (κ3) is 3.36. The van der Waals surface area contributed by atoms with Crippen LogP contribution in [0, 0.1) is 0 Å². The molecule has 2 rings (SSSR count). The van der Waals surface area contributed by atoms with E-state index in [0.717, 1.165) is 29.5 Å². The number of pyridine rings is 1. The molecule has 1 saturated carbocycles. The number of hydrogen-bond donors (Lipinski definition) is 1. The summed E-state index contributed by atoms with van der Waals surface area (Å²) in [6.07, 6.45) is 6.83. The van der Waals surface area contributed by atoms with Crippen LogP contribution in [0.15, 0.2) is 12.3 Å². The molecular weight excluding hydrogens is 246 g/mol. The molecule has 1 aliphatic carbocycles. The quantitative estimate of drug-likeness (QED) is 0.822. The predicted octanol–water partition coefficient (Wildman–Crippen LogP) is 3.22. The number of anilines is 1. The van der Waals surface area contributed by atoms with Crippen LogP contribution in [0.25, 0.3) is 0 Å². The van der Waals surface area contributed by atoms with Gasteiger partial charge < -0.3 is 10.2 Å². The lowest BCUT2D eigenvalue weighted by Gasteiger charge is -2.24. The molecule has 0 atom stereocenters. The minimum Gasteiger partial charge on any atom is -0.354 e. The highest BCUT2D eigenvalue weighted by atomic mass is 35.5. The van der Waals surface area contributed by atoms with E-state index in [-0.39, 0.29) is 0 Å². The monoisotopic (exact) mass is 267 g/mol. The first-order chi connectivity index (χ1) is 8.76. The van der Waals surface area contributed by atoms with Crippen LogP contribution in [-0.2, 0) is 6.54 Å². The van der Waals surface area contributed by atoms with Crippen molar-refractivity contribution >= 4 is 17.4 Å². The molecule has 0 aromatic carbocycles. The standard InChI is InChI=1S/C14H22ClN3/c1-3-4-7-18(12-5-6-12)14-8-11(9-16-2)13(15)10-17-14/h8,10,12,16H,3-7,9H2,1-2H3. The Morgan fingerprint density at radius 2 is 2.28 bits per heavy atom. The first-order valence-electron chi connectivity index (χ1n) is 6.82. The van der Waals surface area contributed by atoms with Gasteiger partial charge in [-0.05, 0) is 37.9 Å². The normalized spacial score (nSPS) is 14.8. The molecular formula is C14H22ClN3. The summed E-state index contributed by atoms with van der Waals surface area (Å²) in [6.45, 7) is 4.13. The van der Waals surface area contributed by atoms with E-state index < -0.39 is 0 Å². The predicted molar refractivity (Wildman–Crippen MR) is 77.3 cm³/mol. The third-order valence-corrected chi connectivity index (χ3v) is 3.66. The van der Waals surface area contributed by atoms with Crippen LogP contribution in [0.1, 0.15) is 38.2 Å². The zero-order valence-corrected chi connectivity index (χ0v) is 12.0. The van der Waals surface area contributed by atoms with Crippen molar-refractivity contribution in [2.24, 2.45) is 0 Å². The van der Waals surface area contributed by atoms with Crippen molar-refractivity contribution in [3.05, 3.63) is 22.8 Å². The van der Waals surface area contributed by atoms with Crippen molar-refractivity contribution in [2.75, 3.05) is 18.5 Å². The molecule has 1 heterocycles. The number of rotatable bonds is 7. The van der Waals surface area contributed by atoms with Gasteiger partial charge in [0.1, 0.15) is 5.82 Å². The Bertz CT molecular complexity index is 391. The van der Waals surface area contributed by atoms with Crippen LogP contribution >= 0.6 is 11.6 Å². The van der Waals surface area contributed by atoms with Gasteiger partial charge in [0.25, 0.3) is 0 Å². The summed E-state index contributed by atoms with van der Waals surface area (Å²) in [4.78, 5) is 6.95. The van der Waals surface area contributed by atoms with Crippen molar-refractivity contribution in [1.82, 2.24) is 10.3 Å². The maximum atomic E-state index is 6.16. The number of hydrogen-bond acceptors (Lipinski definition) is 3. The highest BCUT2D eigenvalue weighted by Gasteiger charge is 2.29. The van der Waals surface area contributed by atoms with Gasteiger partial charge >= 0.3 is 0 Å². The van der Waals surface area contributed by atoms with Gasteiger partial charge in [0, 0.05) is 25.3 Å². The smallest absolute Gasteiger partial charge is 0.129 e. The fraction of sp³-hybridized carbons (Fsp3) is 0.643. The molecule has 100 valence electrons. The first-order valence-corrected chi connectivity index (χ1v) is 7.19. The van der Waals surface area contributed by atoms with Gasteiger partial charge in [-0.15, -0.1) is 0 Å². The summed E-state index contributed by atoms with van der Waals surface area (Å²) in [5.41, 5.74) is 1.13. The highest BCUT2D eigenvalue weighted by molar-refractivity contribution is 6.31. The molecule has 0 bridgehead atoms. The van der Waals surface area contributed by atoms with Gasteiger partial charge in [-0.2, -0.15) is 0 Å². The van der Waals surface area contributed by atoms with Crippen LogP contribution in [0.3, 0.4) is 0 Å². The Hall–Kier alpha value is -0.800. The van der Waals surface area contributed by atoms with Crippen molar-refractivity contribution in [3.63, 3.8) is 0 Å². The number of halogens is 1. The third-order valence-electron chi connectivity index (χ3n) is 3.32. The van der Waals surface area contributed by atoms with Crippen LogP contribution in [-0.4, -0.2) is 24.6 Å². The zero-order valence-electron chi connectivity index (χ0n) is 11.2. The molecule has 1 aliphatic rings. The van der Waals surface area contributed by atoms with E-state index in [9.17, 15) is 0 Å². The molecule has 0 radical (unpaired) electrons. The van der Waals surface area contributed by atoms with Crippen LogP contribution < -0.4 is 10.2 Å². The van der Waals surface area contributed by atoms with Crippen molar-refractivity contribution < 1.29 is 0 Å². The Labute approximate surface area is 115 Å². The summed E-state index contributed by atoms with van der Waals surface area (Å²) in [5, 5.41) is 3.90. The number of unbranched alkanes of at least 4 members (excludes halogenated alkanes) is 1. The van der Waals surface area contributed by atoms with Crippen molar-refractivity contribution in [2.45, 2.75) is 45.2 Å². The van der Waals surface area contributed by atoms with E-state index >= 15 is 0 Å². The maximum Gasteiger partial charge on any atom is 0.129 e. The lowest BCUT2D eigenvalue weighted by molar-refractivity contribution is 0.703. The molecule has 0 spiro atoms. The second-order valence-corrected chi connectivity index (χ2v) is 5.35. The van der Waals surface area contributed by atoms with Gasteiger partial charge in [0.05, 0.1) is 5.02 Å². The topological polar surface area (TPSA) is 28.2 Å². The average molecular weight is 268 g/mol. The molecule has 3 nitrogen and oxygen atoms in total. The van der Waals surface area contributed by atoms with Crippen molar-refractivity contribution in [3.8, 4) is 0 Å². The number of nitrogens with zero attached hydrogens (tertiary/aromatic N) is 2. The lowest BCUT2D eigenvalue weighted by Crippen LogP contribution is -2.27. The summed E-state index contributed by atoms with van der Waals surface area (Å²) in [7, 11) is 1.94. The number of nitrogens with one attached hydrogen (secondary N) is 1. The van der Waals surface area contributed by atoms with Crippen LogP contribution in [0.2, 0.25) is 5.02 Å². The van der Waals surface area contributed by atoms with Gasteiger partial charge in [0.15, 0.2) is 0 Å². The largest absolute Gasteiger partial charge is 0.354 e. The summed E-state index contributed by atoms with van der Waals surface area (Å²) in [5.74, 6) is 1.08. The van der Waals surface area contributed by atoms with Gasteiger partial charge in [-0.1, -0.05) is 24.9 Å². The minimum atomic E-state index is 0.702. The Balaban J connectivity index is 2.15. The summed E-state index contributed by atoms with van der Waals surface area (Å²) >= 11 is 6.16. The fourth-order valence-electron chi connectivity index (χ4n) is 2.15. The fourth-order valence-corrected chi connectivity index (χ4v) is 2.32. The van der Waals surface area contributed by atoms with E-state index in [4.69, 9.17) is 11.6 Å². The van der Waals surface area contributed by atoms with Crippen LogP contribution in [0.5, 0.6) is 0 Å². The van der Waals surface area contributed by atoms with E-state index in [2.05, 4.69) is 28.2 Å². The summed E-state index contributed by atoms with van der Waals surface area (Å²) < 4.78 is 0. The Morgan fingerprint density at radius 1 is 1.50 bits per heavy atom. The molecule has 18 heavy (non-hydrogen) atoms. The molecule has 1 N–H and O–H groups in total.